The first-order chi connectivity index (χ1) is 9.14. The zero-order chi connectivity index (χ0) is 15.5. The largest absolute Gasteiger partial charge is 0.419 e. The number of aliphatic hydroxyl groups is 1. The van der Waals surface area contributed by atoms with E-state index in [-0.39, 0.29) is 6.54 Å². The number of carbonyl (C=O) groups excluding carboxylic acids is 1. The van der Waals surface area contributed by atoms with Crippen LogP contribution in [0.4, 0.5) is 17.6 Å². The number of amides is 1. The van der Waals surface area contributed by atoms with Crippen molar-refractivity contribution in [3.63, 3.8) is 0 Å². The molecule has 2 unspecified atom stereocenters. The van der Waals surface area contributed by atoms with E-state index in [2.05, 4.69) is 5.32 Å². The third-order valence-corrected chi connectivity index (χ3v) is 2.67. The number of halogens is 4. The van der Waals surface area contributed by atoms with Crippen molar-refractivity contribution in [1.29, 1.82) is 0 Å². The summed E-state index contributed by atoms with van der Waals surface area (Å²) < 4.78 is 51.1. The van der Waals surface area contributed by atoms with E-state index in [0.29, 0.717) is 6.07 Å². The zero-order valence-electron chi connectivity index (χ0n) is 10.5. The predicted molar refractivity (Wildman–Crippen MR) is 63.4 cm³/mol. The van der Waals surface area contributed by atoms with Crippen molar-refractivity contribution < 1.29 is 27.5 Å². The van der Waals surface area contributed by atoms with E-state index in [9.17, 15) is 22.4 Å². The lowest BCUT2D eigenvalue weighted by Gasteiger charge is -2.16. The predicted octanol–water partition coefficient (Wildman–Crippen LogP) is 1.28. The molecule has 8 heteroatoms. The molecule has 20 heavy (non-hydrogen) atoms. The van der Waals surface area contributed by atoms with Crippen molar-refractivity contribution in [3.8, 4) is 0 Å². The number of nitrogens with one attached hydrogen (secondary N) is 1. The minimum absolute atomic E-state index is 0.188. The molecule has 4 nitrogen and oxygen atoms in total. The van der Waals surface area contributed by atoms with Gasteiger partial charge >= 0.3 is 6.18 Å². The van der Waals surface area contributed by atoms with Gasteiger partial charge in [0.05, 0.1) is 17.2 Å². The van der Waals surface area contributed by atoms with Gasteiger partial charge in [-0.1, -0.05) is 6.07 Å². The molecule has 0 spiro atoms. The van der Waals surface area contributed by atoms with Crippen molar-refractivity contribution in [3.05, 3.63) is 35.1 Å². The Morgan fingerprint density at radius 1 is 1.45 bits per heavy atom. The summed E-state index contributed by atoms with van der Waals surface area (Å²) in [5.74, 6) is -2.66. The lowest BCUT2D eigenvalue weighted by molar-refractivity contribution is -0.140. The molecule has 1 rings (SSSR count). The first kappa shape index (κ1) is 16.4. The molecule has 1 aromatic rings. The molecule has 0 saturated heterocycles. The molecule has 0 bridgehead atoms. The van der Waals surface area contributed by atoms with Gasteiger partial charge in [-0.3, -0.25) is 4.79 Å². The molecule has 0 saturated carbocycles. The van der Waals surface area contributed by atoms with Crippen LogP contribution in [0.25, 0.3) is 0 Å². The molecule has 0 fully saturated rings. The van der Waals surface area contributed by atoms with Gasteiger partial charge in [-0.05, 0) is 19.1 Å². The van der Waals surface area contributed by atoms with Crippen LogP contribution in [0.1, 0.15) is 22.8 Å². The fourth-order valence-corrected chi connectivity index (χ4v) is 1.40. The number of aliphatic hydroxyl groups excluding tert-OH is 1. The summed E-state index contributed by atoms with van der Waals surface area (Å²) in [6, 6.07) is 1.63. The van der Waals surface area contributed by atoms with Crippen molar-refractivity contribution >= 4 is 5.91 Å². The van der Waals surface area contributed by atoms with E-state index in [1.54, 1.807) is 0 Å². The maximum atomic E-state index is 13.6. The smallest absolute Gasteiger partial charge is 0.392 e. The normalized spacial score (nSPS) is 14.8. The molecular formula is C12H14F4N2O2. The molecule has 0 aromatic heterocycles. The molecule has 112 valence electrons. The Morgan fingerprint density at radius 3 is 2.55 bits per heavy atom. The van der Waals surface area contributed by atoms with Crippen LogP contribution in [-0.4, -0.2) is 29.7 Å². The van der Waals surface area contributed by atoms with Crippen LogP contribution in [0, 0.1) is 5.82 Å². The highest BCUT2D eigenvalue weighted by Crippen LogP contribution is 2.32. The Kier molecular flexibility index (Phi) is 5.07. The van der Waals surface area contributed by atoms with Gasteiger partial charge in [0, 0.05) is 12.6 Å². The summed E-state index contributed by atoms with van der Waals surface area (Å²) in [5, 5.41) is 11.3. The number of carbonyl (C=O) groups is 1. The molecule has 2 atom stereocenters. The van der Waals surface area contributed by atoms with Crippen LogP contribution in [0.15, 0.2) is 18.2 Å². The maximum absolute atomic E-state index is 13.6. The minimum atomic E-state index is -4.88. The van der Waals surface area contributed by atoms with Crippen LogP contribution in [-0.2, 0) is 6.18 Å². The van der Waals surface area contributed by atoms with E-state index in [0.717, 1.165) is 12.1 Å². The second kappa shape index (κ2) is 6.19. The highest BCUT2D eigenvalue weighted by atomic mass is 19.4. The van der Waals surface area contributed by atoms with E-state index < -0.39 is 41.2 Å². The highest BCUT2D eigenvalue weighted by molar-refractivity contribution is 5.94. The Morgan fingerprint density at radius 2 is 2.05 bits per heavy atom. The Bertz CT molecular complexity index is 489. The average molecular weight is 294 g/mol. The first-order valence-electron chi connectivity index (χ1n) is 5.72. The van der Waals surface area contributed by atoms with Gasteiger partial charge in [0.2, 0.25) is 0 Å². The molecule has 0 aliphatic heterocycles. The molecule has 1 aromatic carbocycles. The molecule has 0 aliphatic carbocycles. The molecule has 0 radical (unpaired) electrons. The fraction of sp³-hybridized carbons (Fsp3) is 0.417. The van der Waals surface area contributed by atoms with Gasteiger partial charge in [0.15, 0.2) is 0 Å². The number of hydrogen-bond acceptors (Lipinski definition) is 3. The monoisotopic (exact) mass is 294 g/mol. The molecule has 1 amide bonds. The number of benzene rings is 1. The summed E-state index contributed by atoms with van der Waals surface area (Å²) in [6.07, 6.45) is -5.79. The third-order valence-electron chi connectivity index (χ3n) is 2.67. The Hall–Kier alpha value is -1.67. The lowest BCUT2D eigenvalue weighted by Crippen LogP contribution is -2.43. The van der Waals surface area contributed by atoms with Gasteiger partial charge in [0.25, 0.3) is 5.91 Å². The number of alkyl halides is 3. The Balaban J connectivity index is 2.90. The van der Waals surface area contributed by atoms with Gasteiger partial charge in [-0.15, -0.1) is 0 Å². The zero-order valence-corrected chi connectivity index (χ0v) is 10.5. The molecular weight excluding hydrogens is 280 g/mol. The van der Waals surface area contributed by atoms with Crippen molar-refractivity contribution in [2.24, 2.45) is 5.73 Å². The van der Waals surface area contributed by atoms with Gasteiger partial charge in [-0.25, -0.2) is 4.39 Å². The van der Waals surface area contributed by atoms with E-state index in [1.165, 1.54) is 6.92 Å². The van der Waals surface area contributed by atoms with Crippen molar-refractivity contribution in [2.45, 2.75) is 25.2 Å². The quantitative estimate of drug-likeness (QED) is 0.732. The lowest BCUT2D eigenvalue weighted by atomic mass is 10.1. The topological polar surface area (TPSA) is 75.3 Å². The van der Waals surface area contributed by atoms with Crippen molar-refractivity contribution in [2.75, 3.05) is 6.54 Å². The summed E-state index contributed by atoms with van der Waals surface area (Å²) >= 11 is 0. The summed E-state index contributed by atoms with van der Waals surface area (Å²) in [4.78, 5) is 11.6. The van der Waals surface area contributed by atoms with Gasteiger partial charge in [-0.2, -0.15) is 13.2 Å². The summed E-state index contributed by atoms with van der Waals surface area (Å²) in [6.45, 7) is 1.20. The van der Waals surface area contributed by atoms with E-state index >= 15 is 0 Å². The molecule has 4 N–H and O–H groups in total. The third kappa shape index (κ3) is 3.91. The SMILES string of the molecule is CC(O)C(N)CNC(=O)c1cccc(C(F)(F)F)c1F. The van der Waals surface area contributed by atoms with Crippen LogP contribution in [0.3, 0.4) is 0 Å². The second-order valence-corrected chi connectivity index (χ2v) is 4.28. The average Bonchev–Trinajstić information content (AvgIpc) is 2.34. The summed E-state index contributed by atoms with van der Waals surface area (Å²) in [7, 11) is 0. The standard InChI is InChI=1S/C12H14F4N2O2/c1-6(19)9(17)5-18-11(20)7-3-2-4-8(10(7)13)12(14,15)16/h2-4,6,9,19H,5,17H2,1H3,(H,18,20). The maximum Gasteiger partial charge on any atom is 0.419 e. The number of rotatable bonds is 4. The van der Waals surface area contributed by atoms with Crippen LogP contribution < -0.4 is 11.1 Å². The minimum Gasteiger partial charge on any atom is -0.392 e. The van der Waals surface area contributed by atoms with E-state index in [4.69, 9.17) is 10.8 Å². The molecule has 0 aliphatic rings. The first-order valence-corrected chi connectivity index (χ1v) is 5.72. The Labute approximate surface area is 112 Å². The number of nitrogens with two attached hydrogens (primary N) is 1. The second-order valence-electron chi connectivity index (χ2n) is 4.28. The molecule has 0 heterocycles. The summed E-state index contributed by atoms with van der Waals surface area (Å²) in [5.41, 5.74) is 3.21. The van der Waals surface area contributed by atoms with Crippen LogP contribution >= 0.6 is 0 Å². The van der Waals surface area contributed by atoms with Gasteiger partial charge in [0.1, 0.15) is 5.82 Å². The van der Waals surface area contributed by atoms with Crippen LogP contribution in [0.2, 0.25) is 0 Å². The fourth-order valence-electron chi connectivity index (χ4n) is 1.40. The van der Waals surface area contributed by atoms with Crippen molar-refractivity contribution in [1.82, 2.24) is 5.32 Å². The number of hydrogen-bond donors (Lipinski definition) is 3. The van der Waals surface area contributed by atoms with Crippen LogP contribution in [0.5, 0.6) is 0 Å². The van der Waals surface area contributed by atoms with Gasteiger partial charge < -0.3 is 16.2 Å². The van der Waals surface area contributed by atoms with E-state index in [1.807, 2.05) is 0 Å². The highest BCUT2D eigenvalue weighted by Gasteiger charge is 2.35.